The molecule has 0 aromatic heterocycles. The van der Waals surface area contributed by atoms with Gasteiger partial charge in [0, 0.05) is 25.2 Å². The van der Waals surface area contributed by atoms with Crippen LogP contribution < -0.4 is 14.5 Å². The van der Waals surface area contributed by atoms with Crippen molar-refractivity contribution in [3.05, 3.63) is 89.7 Å². The SMILES string of the molecule is Cc1ccc(S(=O)(=O)N(CC(=O)NCc2cccc(N3CCCC3=O)c2)c2ccc(F)cc2)cc1. The van der Waals surface area contributed by atoms with Crippen molar-refractivity contribution in [2.75, 3.05) is 22.3 Å². The highest BCUT2D eigenvalue weighted by Crippen LogP contribution is 2.25. The molecule has 0 atom stereocenters. The van der Waals surface area contributed by atoms with Gasteiger partial charge in [-0.25, -0.2) is 12.8 Å². The molecule has 3 aromatic rings. The van der Waals surface area contributed by atoms with Gasteiger partial charge >= 0.3 is 0 Å². The lowest BCUT2D eigenvalue weighted by atomic mass is 10.2. The zero-order valence-corrected chi connectivity index (χ0v) is 20.1. The van der Waals surface area contributed by atoms with Crippen molar-refractivity contribution in [2.24, 2.45) is 0 Å². The molecule has 182 valence electrons. The first-order valence-electron chi connectivity index (χ1n) is 11.2. The molecule has 1 heterocycles. The van der Waals surface area contributed by atoms with Crippen LogP contribution in [0.1, 0.15) is 24.0 Å². The third kappa shape index (κ3) is 5.68. The Labute approximate surface area is 204 Å². The number of halogens is 1. The minimum Gasteiger partial charge on any atom is -0.350 e. The van der Waals surface area contributed by atoms with Gasteiger partial charge < -0.3 is 10.2 Å². The molecule has 0 aliphatic carbocycles. The van der Waals surface area contributed by atoms with E-state index in [0.717, 1.165) is 39.7 Å². The fraction of sp³-hybridized carbons (Fsp3) is 0.231. The number of amides is 2. The monoisotopic (exact) mass is 495 g/mol. The lowest BCUT2D eigenvalue weighted by molar-refractivity contribution is -0.120. The summed E-state index contributed by atoms with van der Waals surface area (Å²) < 4.78 is 41.2. The van der Waals surface area contributed by atoms with Gasteiger partial charge in [-0.2, -0.15) is 0 Å². The highest BCUT2D eigenvalue weighted by Gasteiger charge is 2.27. The fourth-order valence-corrected chi connectivity index (χ4v) is 5.32. The Hall–Kier alpha value is -3.72. The van der Waals surface area contributed by atoms with Crippen LogP contribution in [-0.4, -0.2) is 33.3 Å². The van der Waals surface area contributed by atoms with Gasteiger partial charge in [0.25, 0.3) is 10.0 Å². The third-order valence-electron chi connectivity index (χ3n) is 5.80. The summed E-state index contributed by atoms with van der Waals surface area (Å²) in [6, 6.07) is 18.6. The van der Waals surface area contributed by atoms with E-state index in [-0.39, 0.29) is 23.0 Å². The lowest BCUT2D eigenvalue weighted by Crippen LogP contribution is -2.40. The highest BCUT2D eigenvalue weighted by atomic mass is 32.2. The van der Waals surface area contributed by atoms with Gasteiger partial charge in [0.15, 0.2) is 0 Å². The van der Waals surface area contributed by atoms with Gasteiger partial charge in [0.1, 0.15) is 12.4 Å². The van der Waals surface area contributed by atoms with E-state index in [1.807, 2.05) is 31.2 Å². The van der Waals surface area contributed by atoms with Gasteiger partial charge in [-0.15, -0.1) is 0 Å². The second kappa shape index (κ2) is 10.3. The molecule has 9 heteroatoms. The topological polar surface area (TPSA) is 86.8 Å². The molecule has 2 amide bonds. The Bertz CT molecular complexity index is 1330. The van der Waals surface area contributed by atoms with E-state index in [0.29, 0.717) is 13.0 Å². The number of aryl methyl sites for hydroxylation is 1. The minimum atomic E-state index is -4.08. The Morgan fingerprint density at radius 1 is 1.06 bits per heavy atom. The van der Waals surface area contributed by atoms with Crippen molar-refractivity contribution >= 4 is 33.2 Å². The van der Waals surface area contributed by atoms with Crippen LogP contribution in [0.4, 0.5) is 15.8 Å². The Morgan fingerprint density at radius 3 is 2.43 bits per heavy atom. The number of carbonyl (C=O) groups excluding carboxylic acids is 2. The molecule has 1 aliphatic rings. The van der Waals surface area contributed by atoms with Crippen molar-refractivity contribution in [1.82, 2.24) is 5.32 Å². The highest BCUT2D eigenvalue weighted by molar-refractivity contribution is 7.92. The number of rotatable bonds is 8. The molecule has 1 saturated heterocycles. The van der Waals surface area contributed by atoms with E-state index in [9.17, 15) is 22.4 Å². The predicted octanol–water partition coefficient (Wildman–Crippen LogP) is 3.77. The van der Waals surface area contributed by atoms with Gasteiger partial charge in [0.05, 0.1) is 10.6 Å². The first kappa shape index (κ1) is 24.4. The number of hydrogen-bond acceptors (Lipinski definition) is 4. The smallest absolute Gasteiger partial charge is 0.264 e. The first-order valence-corrected chi connectivity index (χ1v) is 12.7. The lowest BCUT2D eigenvalue weighted by Gasteiger charge is -2.24. The average Bonchev–Trinajstić information content (AvgIpc) is 3.28. The molecule has 1 N–H and O–H groups in total. The molecular weight excluding hydrogens is 469 g/mol. The van der Waals surface area contributed by atoms with Crippen LogP contribution in [-0.2, 0) is 26.2 Å². The Kier molecular flexibility index (Phi) is 7.16. The maximum absolute atomic E-state index is 13.5. The maximum Gasteiger partial charge on any atom is 0.264 e. The second-order valence-electron chi connectivity index (χ2n) is 8.40. The van der Waals surface area contributed by atoms with Crippen LogP contribution in [0, 0.1) is 12.7 Å². The molecule has 0 spiro atoms. The quantitative estimate of drug-likeness (QED) is 0.515. The molecule has 0 radical (unpaired) electrons. The van der Waals surface area contributed by atoms with Crippen molar-refractivity contribution in [3.63, 3.8) is 0 Å². The summed E-state index contributed by atoms with van der Waals surface area (Å²) in [6.45, 7) is 2.19. The standard InChI is InChI=1S/C26H26FN3O4S/c1-19-7-13-24(14-8-19)35(33,34)30(22-11-9-21(27)10-12-22)18-25(31)28-17-20-4-2-5-23(16-20)29-15-3-6-26(29)32/h2,4-5,7-14,16H,3,6,15,17-18H2,1H3,(H,28,31). The largest absolute Gasteiger partial charge is 0.350 e. The minimum absolute atomic E-state index is 0.0307. The number of sulfonamides is 1. The van der Waals surface area contributed by atoms with Crippen LogP contribution in [0.3, 0.4) is 0 Å². The van der Waals surface area contributed by atoms with Crippen LogP contribution in [0.5, 0.6) is 0 Å². The van der Waals surface area contributed by atoms with E-state index in [1.165, 1.54) is 24.3 Å². The van der Waals surface area contributed by atoms with Crippen molar-refractivity contribution in [1.29, 1.82) is 0 Å². The molecule has 0 unspecified atom stereocenters. The van der Waals surface area contributed by atoms with Crippen molar-refractivity contribution < 1.29 is 22.4 Å². The van der Waals surface area contributed by atoms with Crippen LogP contribution in [0.2, 0.25) is 0 Å². The molecule has 7 nitrogen and oxygen atoms in total. The summed E-state index contributed by atoms with van der Waals surface area (Å²) in [5, 5.41) is 2.75. The number of hydrogen-bond donors (Lipinski definition) is 1. The number of carbonyl (C=O) groups is 2. The Balaban J connectivity index is 1.51. The second-order valence-corrected chi connectivity index (χ2v) is 10.3. The zero-order valence-electron chi connectivity index (χ0n) is 19.3. The third-order valence-corrected chi connectivity index (χ3v) is 7.58. The molecule has 1 fully saturated rings. The summed E-state index contributed by atoms with van der Waals surface area (Å²) >= 11 is 0. The molecule has 0 saturated carbocycles. The number of nitrogens with zero attached hydrogens (tertiary/aromatic N) is 2. The van der Waals surface area contributed by atoms with Crippen LogP contribution in [0.25, 0.3) is 0 Å². The summed E-state index contributed by atoms with van der Waals surface area (Å²) in [5.74, 6) is -0.961. The summed E-state index contributed by atoms with van der Waals surface area (Å²) in [5.41, 5.74) is 2.63. The van der Waals surface area contributed by atoms with Gasteiger partial charge in [-0.1, -0.05) is 29.8 Å². The van der Waals surface area contributed by atoms with Gasteiger partial charge in [-0.3, -0.25) is 13.9 Å². The van der Waals surface area contributed by atoms with E-state index in [4.69, 9.17) is 0 Å². The summed E-state index contributed by atoms with van der Waals surface area (Å²) in [6.07, 6.45) is 1.34. The molecule has 0 bridgehead atoms. The fourth-order valence-electron chi connectivity index (χ4n) is 3.90. The maximum atomic E-state index is 13.5. The van der Waals surface area contributed by atoms with Gasteiger partial charge in [0.2, 0.25) is 11.8 Å². The van der Waals surface area contributed by atoms with Crippen molar-refractivity contribution in [3.8, 4) is 0 Å². The number of benzene rings is 3. The van der Waals surface area contributed by atoms with Crippen LogP contribution in [0.15, 0.2) is 77.7 Å². The van der Waals surface area contributed by atoms with E-state index in [1.54, 1.807) is 17.0 Å². The van der Waals surface area contributed by atoms with E-state index < -0.39 is 28.3 Å². The zero-order chi connectivity index (χ0) is 25.0. The summed E-state index contributed by atoms with van der Waals surface area (Å²) in [4.78, 5) is 26.6. The van der Waals surface area contributed by atoms with Crippen LogP contribution >= 0.6 is 0 Å². The molecule has 35 heavy (non-hydrogen) atoms. The van der Waals surface area contributed by atoms with E-state index in [2.05, 4.69) is 5.32 Å². The molecular formula is C26H26FN3O4S. The van der Waals surface area contributed by atoms with Crippen molar-refractivity contribution in [2.45, 2.75) is 31.2 Å². The average molecular weight is 496 g/mol. The van der Waals surface area contributed by atoms with E-state index >= 15 is 0 Å². The molecule has 1 aliphatic heterocycles. The first-order chi connectivity index (χ1) is 16.7. The normalized spacial score (nSPS) is 13.7. The number of nitrogens with one attached hydrogen (secondary N) is 1. The predicted molar refractivity (Wildman–Crippen MR) is 132 cm³/mol. The summed E-state index contributed by atoms with van der Waals surface area (Å²) in [7, 11) is -4.08. The number of anilines is 2. The molecule has 4 rings (SSSR count). The van der Waals surface area contributed by atoms with Gasteiger partial charge in [-0.05, 0) is 67.4 Å². The Morgan fingerprint density at radius 2 is 1.77 bits per heavy atom. The molecule has 3 aromatic carbocycles.